The van der Waals surface area contributed by atoms with E-state index in [1.807, 2.05) is 45.4 Å². The number of hydrogen-bond donors (Lipinski definition) is 1. The van der Waals surface area contributed by atoms with E-state index in [1.165, 1.54) is 5.56 Å². The Morgan fingerprint density at radius 3 is 2.58 bits per heavy atom. The van der Waals surface area contributed by atoms with Crippen LogP contribution in [0.3, 0.4) is 0 Å². The highest BCUT2D eigenvalue weighted by molar-refractivity contribution is 5.96. The van der Waals surface area contributed by atoms with Crippen molar-refractivity contribution in [3.05, 3.63) is 71.0 Å². The van der Waals surface area contributed by atoms with E-state index < -0.39 is 0 Å². The summed E-state index contributed by atoms with van der Waals surface area (Å²) in [5, 5.41) is 7.48. The molecule has 3 aromatic rings. The predicted octanol–water partition coefficient (Wildman–Crippen LogP) is 4.70. The zero-order valence-corrected chi connectivity index (χ0v) is 20.3. The largest absolute Gasteiger partial charge is 0.496 e. The van der Waals surface area contributed by atoms with Crippen molar-refractivity contribution < 1.29 is 9.53 Å². The quantitative estimate of drug-likeness (QED) is 0.596. The molecule has 1 atom stereocenters. The fraction of sp³-hybridized carbons (Fsp3) is 0.407. The second-order valence-electron chi connectivity index (χ2n) is 9.21. The molecule has 6 nitrogen and oxygen atoms in total. The molecular weight excluding hydrogens is 412 g/mol. The molecule has 1 saturated heterocycles. The van der Waals surface area contributed by atoms with Gasteiger partial charge in [-0.3, -0.25) is 9.48 Å². The number of likely N-dealkylation sites (tertiary alicyclic amines) is 1. The van der Waals surface area contributed by atoms with Crippen molar-refractivity contribution in [2.75, 3.05) is 27.2 Å². The van der Waals surface area contributed by atoms with Gasteiger partial charge in [-0.25, -0.2) is 0 Å². The molecule has 1 aliphatic heterocycles. The van der Waals surface area contributed by atoms with Crippen molar-refractivity contribution >= 4 is 5.91 Å². The average Bonchev–Trinajstić information content (AvgIpc) is 3.25. The van der Waals surface area contributed by atoms with Crippen LogP contribution < -0.4 is 10.1 Å². The Balaban J connectivity index is 1.54. The van der Waals surface area contributed by atoms with Gasteiger partial charge in [-0.2, -0.15) is 5.10 Å². The van der Waals surface area contributed by atoms with Gasteiger partial charge in [0.25, 0.3) is 5.91 Å². The molecule has 1 aliphatic rings. The van der Waals surface area contributed by atoms with Crippen LogP contribution in [0.1, 0.15) is 58.8 Å². The highest BCUT2D eigenvalue weighted by Gasteiger charge is 2.21. The summed E-state index contributed by atoms with van der Waals surface area (Å²) in [7, 11) is 5.73. The number of carbonyl (C=O) groups excluding carboxylic acids is 1. The lowest BCUT2D eigenvalue weighted by atomic mass is 9.87. The Morgan fingerprint density at radius 2 is 1.91 bits per heavy atom. The summed E-state index contributed by atoms with van der Waals surface area (Å²) in [5.41, 5.74) is 6.00. The number of ether oxygens (including phenoxy) is 1. The summed E-state index contributed by atoms with van der Waals surface area (Å²) in [5.74, 6) is 1.27. The monoisotopic (exact) mass is 446 g/mol. The van der Waals surface area contributed by atoms with Gasteiger partial charge in [-0.05, 0) is 87.6 Å². The molecule has 174 valence electrons. The molecule has 0 aliphatic carbocycles. The number of carbonyl (C=O) groups is 1. The summed E-state index contributed by atoms with van der Waals surface area (Å²) >= 11 is 0. The second-order valence-corrected chi connectivity index (χ2v) is 9.21. The molecule has 0 spiro atoms. The van der Waals surface area contributed by atoms with Crippen LogP contribution in [0, 0.1) is 6.92 Å². The molecular formula is C27H34N4O2. The minimum atomic E-state index is -0.148. The molecule has 6 heteroatoms. The van der Waals surface area contributed by atoms with E-state index in [4.69, 9.17) is 4.74 Å². The fourth-order valence-corrected chi connectivity index (χ4v) is 4.62. The Labute approximate surface area is 196 Å². The maximum Gasteiger partial charge on any atom is 0.252 e. The maximum absolute atomic E-state index is 13.3. The van der Waals surface area contributed by atoms with Gasteiger partial charge in [0.05, 0.1) is 19.3 Å². The van der Waals surface area contributed by atoms with E-state index in [0.717, 1.165) is 59.5 Å². The maximum atomic E-state index is 13.3. The van der Waals surface area contributed by atoms with Crippen LogP contribution in [0.5, 0.6) is 5.75 Å². The molecule has 0 saturated carbocycles. The van der Waals surface area contributed by atoms with Crippen LogP contribution in [-0.2, 0) is 7.05 Å². The lowest BCUT2D eigenvalue weighted by Gasteiger charge is -2.29. The van der Waals surface area contributed by atoms with Crippen molar-refractivity contribution in [3.63, 3.8) is 0 Å². The number of nitrogens with zero attached hydrogens (tertiary/aromatic N) is 3. The van der Waals surface area contributed by atoms with Gasteiger partial charge in [-0.15, -0.1) is 0 Å². The third-order valence-corrected chi connectivity index (χ3v) is 6.78. The van der Waals surface area contributed by atoms with Crippen LogP contribution in [0.15, 0.2) is 48.8 Å². The molecule has 0 bridgehead atoms. The standard InChI is InChI=1S/C27H34N4O2/c1-18-6-7-22(20-10-12-30(3)13-11-20)15-24(18)27(32)29-19(2)21-8-9-26(33-5)25(14-21)23-16-28-31(4)17-23/h6-9,14-17,19-20H,10-13H2,1-5H3,(H,29,32). The zero-order valence-electron chi connectivity index (χ0n) is 20.3. The van der Waals surface area contributed by atoms with Crippen molar-refractivity contribution in [1.82, 2.24) is 20.0 Å². The molecule has 2 heterocycles. The minimum Gasteiger partial charge on any atom is -0.496 e. The van der Waals surface area contributed by atoms with Crippen LogP contribution >= 0.6 is 0 Å². The first kappa shape index (κ1) is 23.1. The van der Waals surface area contributed by atoms with E-state index in [-0.39, 0.29) is 11.9 Å². The van der Waals surface area contributed by atoms with Gasteiger partial charge in [-0.1, -0.05) is 18.2 Å². The fourth-order valence-electron chi connectivity index (χ4n) is 4.62. The van der Waals surface area contributed by atoms with Gasteiger partial charge in [0, 0.05) is 29.9 Å². The van der Waals surface area contributed by atoms with Crippen molar-refractivity contribution in [1.29, 1.82) is 0 Å². The summed E-state index contributed by atoms with van der Waals surface area (Å²) in [6.45, 7) is 6.23. The molecule has 2 aromatic carbocycles. The lowest BCUT2D eigenvalue weighted by Crippen LogP contribution is -2.30. The van der Waals surface area contributed by atoms with Gasteiger partial charge < -0.3 is 15.0 Å². The number of piperidine rings is 1. The molecule has 4 rings (SSSR count). The number of aromatic nitrogens is 2. The number of aryl methyl sites for hydroxylation is 2. The zero-order chi connectivity index (χ0) is 23.5. The van der Waals surface area contributed by atoms with Crippen molar-refractivity contribution in [2.45, 2.75) is 38.6 Å². The SMILES string of the molecule is COc1ccc(C(C)NC(=O)c2cc(C3CCN(C)CC3)ccc2C)cc1-c1cnn(C)c1. The minimum absolute atomic E-state index is 0.0338. The number of hydrogen-bond acceptors (Lipinski definition) is 4. The number of methoxy groups -OCH3 is 1. The van der Waals surface area contributed by atoms with E-state index in [0.29, 0.717) is 5.92 Å². The Bertz CT molecular complexity index is 1130. The smallest absolute Gasteiger partial charge is 0.252 e. The molecule has 1 aromatic heterocycles. The molecule has 1 N–H and O–H groups in total. The summed E-state index contributed by atoms with van der Waals surface area (Å²) in [4.78, 5) is 15.6. The normalized spacial score (nSPS) is 15.9. The van der Waals surface area contributed by atoms with Gasteiger partial charge >= 0.3 is 0 Å². The molecule has 1 amide bonds. The predicted molar refractivity (Wildman–Crippen MR) is 132 cm³/mol. The number of rotatable bonds is 6. The molecule has 1 fully saturated rings. The highest BCUT2D eigenvalue weighted by Crippen LogP contribution is 2.33. The number of amides is 1. The van der Waals surface area contributed by atoms with E-state index in [9.17, 15) is 4.79 Å². The van der Waals surface area contributed by atoms with Crippen LogP contribution in [-0.4, -0.2) is 47.8 Å². The van der Waals surface area contributed by atoms with Gasteiger partial charge in [0.15, 0.2) is 0 Å². The Morgan fingerprint density at radius 1 is 1.15 bits per heavy atom. The van der Waals surface area contributed by atoms with Gasteiger partial charge in [0.2, 0.25) is 0 Å². The first-order valence-corrected chi connectivity index (χ1v) is 11.6. The van der Waals surface area contributed by atoms with E-state index >= 15 is 0 Å². The summed E-state index contributed by atoms with van der Waals surface area (Å²) in [6, 6.07) is 12.3. The lowest BCUT2D eigenvalue weighted by molar-refractivity contribution is 0.0939. The first-order chi connectivity index (χ1) is 15.9. The summed E-state index contributed by atoms with van der Waals surface area (Å²) < 4.78 is 7.33. The average molecular weight is 447 g/mol. The van der Waals surface area contributed by atoms with Crippen LogP contribution in [0.25, 0.3) is 11.1 Å². The topological polar surface area (TPSA) is 59.4 Å². The van der Waals surface area contributed by atoms with Crippen molar-refractivity contribution in [3.8, 4) is 16.9 Å². The Kier molecular flexibility index (Phi) is 6.84. The third-order valence-electron chi connectivity index (χ3n) is 6.78. The number of benzene rings is 2. The summed E-state index contributed by atoms with van der Waals surface area (Å²) in [6.07, 6.45) is 6.06. The molecule has 0 radical (unpaired) electrons. The van der Waals surface area contributed by atoms with E-state index in [2.05, 4.69) is 46.6 Å². The van der Waals surface area contributed by atoms with Crippen molar-refractivity contribution in [2.24, 2.45) is 7.05 Å². The van der Waals surface area contributed by atoms with E-state index in [1.54, 1.807) is 11.8 Å². The van der Waals surface area contributed by atoms with Crippen LogP contribution in [0.2, 0.25) is 0 Å². The molecule has 33 heavy (non-hydrogen) atoms. The third kappa shape index (κ3) is 5.11. The second kappa shape index (κ2) is 9.79. The van der Waals surface area contributed by atoms with Gasteiger partial charge in [0.1, 0.15) is 5.75 Å². The Hall–Kier alpha value is -3.12. The molecule has 1 unspecified atom stereocenters. The first-order valence-electron chi connectivity index (χ1n) is 11.6. The number of nitrogens with one attached hydrogen (secondary N) is 1. The highest BCUT2D eigenvalue weighted by atomic mass is 16.5. The van der Waals surface area contributed by atoms with Crippen LogP contribution in [0.4, 0.5) is 0 Å².